The molecule has 9 heteroatoms. The van der Waals surface area contributed by atoms with Crippen LogP contribution in [-0.2, 0) is 4.79 Å². The molecule has 0 aromatic heterocycles. The van der Waals surface area contributed by atoms with E-state index < -0.39 is 22.8 Å². The van der Waals surface area contributed by atoms with E-state index in [1.807, 2.05) is 0 Å². The number of halogens is 2. The van der Waals surface area contributed by atoms with Gasteiger partial charge in [-0.2, -0.15) is 0 Å². The van der Waals surface area contributed by atoms with Crippen molar-refractivity contribution in [3.8, 4) is 0 Å². The Morgan fingerprint density at radius 1 is 1.16 bits per heavy atom. The third kappa shape index (κ3) is 4.91. The molecular formula is C16H12Cl2N2O5. The summed E-state index contributed by atoms with van der Waals surface area (Å²) in [6.07, 6.45) is -0.375. The highest BCUT2D eigenvalue weighted by molar-refractivity contribution is 6.34. The number of hydrogen-bond donors (Lipinski definition) is 2. The summed E-state index contributed by atoms with van der Waals surface area (Å²) in [4.78, 5) is 33.7. The molecule has 0 bridgehead atoms. The standard InChI is InChI=1S/C16H12Cl2N2O5/c17-10-3-1-9(2-4-10)14(8-15(21)22)19-16(23)12-7-11(20(24)25)5-6-13(12)18/h1-7,14H,8H2,(H,19,23)(H,21,22)/t14-/m0/s1. The highest BCUT2D eigenvalue weighted by atomic mass is 35.5. The first-order valence-corrected chi connectivity index (χ1v) is 7.75. The van der Waals surface area contributed by atoms with Crippen LogP contribution in [0, 0.1) is 10.1 Å². The molecule has 2 aromatic carbocycles. The lowest BCUT2D eigenvalue weighted by atomic mass is 10.0. The number of carboxylic acid groups (broad SMARTS) is 1. The Labute approximate surface area is 152 Å². The minimum absolute atomic E-state index is 0.0216. The van der Waals surface area contributed by atoms with Crippen molar-refractivity contribution in [3.63, 3.8) is 0 Å². The van der Waals surface area contributed by atoms with Gasteiger partial charge in [-0.3, -0.25) is 19.7 Å². The van der Waals surface area contributed by atoms with Crippen LogP contribution in [0.25, 0.3) is 0 Å². The first-order chi connectivity index (χ1) is 11.8. The number of benzene rings is 2. The summed E-state index contributed by atoms with van der Waals surface area (Å²) in [5.41, 5.74) is 0.123. The van der Waals surface area contributed by atoms with Gasteiger partial charge in [0.05, 0.1) is 28.0 Å². The van der Waals surface area contributed by atoms with E-state index in [4.69, 9.17) is 28.3 Å². The molecule has 0 saturated carbocycles. The Morgan fingerprint density at radius 2 is 1.80 bits per heavy atom. The number of amides is 1. The summed E-state index contributed by atoms with van der Waals surface area (Å²) in [6, 6.07) is 8.91. The van der Waals surface area contributed by atoms with Crippen LogP contribution in [0.5, 0.6) is 0 Å². The number of carbonyl (C=O) groups excluding carboxylic acids is 1. The van der Waals surface area contributed by atoms with E-state index in [1.54, 1.807) is 24.3 Å². The van der Waals surface area contributed by atoms with Gasteiger partial charge in [0.2, 0.25) is 0 Å². The molecule has 25 heavy (non-hydrogen) atoms. The van der Waals surface area contributed by atoms with Gasteiger partial charge in [0.1, 0.15) is 0 Å². The Bertz CT molecular complexity index is 824. The van der Waals surface area contributed by atoms with Gasteiger partial charge in [-0.05, 0) is 23.8 Å². The Balaban J connectivity index is 2.30. The monoisotopic (exact) mass is 382 g/mol. The Morgan fingerprint density at radius 3 is 2.36 bits per heavy atom. The van der Waals surface area contributed by atoms with Crippen molar-refractivity contribution in [2.45, 2.75) is 12.5 Å². The van der Waals surface area contributed by atoms with Gasteiger partial charge in [-0.1, -0.05) is 35.3 Å². The maximum absolute atomic E-state index is 12.4. The van der Waals surface area contributed by atoms with Crippen molar-refractivity contribution >= 4 is 40.8 Å². The number of carbonyl (C=O) groups is 2. The van der Waals surface area contributed by atoms with E-state index in [1.165, 1.54) is 12.1 Å². The largest absolute Gasteiger partial charge is 0.481 e. The van der Waals surface area contributed by atoms with Crippen LogP contribution < -0.4 is 5.32 Å². The molecule has 0 heterocycles. The topological polar surface area (TPSA) is 110 Å². The number of carboxylic acids is 1. The van der Waals surface area contributed by atoms with Gasteiger partial charge in [0, 0.05) is 17.2 Å². The second-order valence-electron chi connectivity index (χ2n) is 5.10. The number of nitro groups is 1. The lowest BCUT2D eigenvalue weighted by Gasteiger charge is -2.18. The number of nitrogens with one attached hydrogen (secondary N) is 1. The molecular weight excluding hydrogens is 371 g/mol. The van der Waals surface area contributed by atoms with Gasteiger partial charge in [-0.25, -0.2) is 0 Å². The van der Waals surface area contributed by atoms with Crippen LogP contribution in [0.1, 0.15) is 28.4 Å². The van der Waals surface area contributed by atoms with Crippen molar-refractivity contribution in [1.82, 2.24) is 5.32 Å². The molecule has 0 spiro atoms. The molecule has 0 radical (unpaired) electrons. The number of nitrogens with zero attached hydrogens (tertiary/aromatic N) is 1. The molecule has 2 aromatic rings. The average Bonchev–Trinajstić information content (AvgIpc) is 2.54. The Kier molecular flexibility index (Phi) is 5.95. The van der Waals surface area contributed by atoms with Crippen LogP contribution in [0.3, 0.4) is 0 Å². The quantitative estimate of drug-likeness (QED) is 0.582. The summed E-state index contributed by atoms with van der Waals surface area (Å²) >= 11 is 11.7. The molecule has 0 unspecified atom stereocenters. The van der Waals surface area contributed by atoms with Crippen LogP contribution in [0.15, 0.2) is 42.5 Å². The Hall–Kier alpha value is -2.64. The molecule has 0 aliphatic rings. The first kappa shape index (κ1) is 18.7. The fraction of sp³-hybridized carbons (Fsp3) is 0.125. The lowest BCUT2D eigenvalue weighted by Crippen LogP contribution is -2.30. The smallest absolute Gasteiger partial charge is 0.305 e. The van der Waals surface area contributed by atoms with E-state index in [-0.39, 0.29) is 22.7 Å². The van der Waals surface area contributed by atoms with Gasteiger partial charge < -0.3 is 10.4 Å². The predicted octanol–water partition coefficient (Wildman–Crippen LogP) is 3.85. The third-order valence-corrected chi connectivity index (χ3v) is 3.94. The van der Waals surface area contributed by atoms with Gasteiger partial charge in [-0.15, -0.1) is 0 Å². The highest BCUT2D eigenvalue weighted by Gasteiger charge is 2.22. The molecule has 1 atom stereocenters. The molecule has 0 fully saturated rings. The number of nitro benzene ring substituents is 1. The average molecular weight is 383 g/mol. The van der Waals surface area contributed by atoms with Gasteiger partial charge >= 0.3 is 5.97 Å². The second kappa shape index (κ2) is 7.96. The SMILES string of the molecule is O=C(O)C[C@H](NC(=O)c1cc([N+](=O)[O-])ccc1Cl)c1ccc(Cl)cc1. The van der Waals surface area contributed by atoms with Crippen molar-refractivity contribution in [2.75, 3.05) is 0 Å². The summed E-state index contributed by atoms with van der Waals surface area (Å²) in [6.45, 7) is 0. The molecule has 7 nitrogen and oxygen atoms in total. The number of aliphatic carboxylic acids is 1. The maximum Gasteiger partial charge on any atom is 0.305 e. The number of hydrogen-bond acceptors (Lipinski definition) is 4. The van der Waals surface area contributed by atoms with Crippen molar-refractivity contribution in [1.29, 1.82) is 0 Å². The molecule has 0 aliphatic carbocycles. The molecule has 130 valence electrons. The van der Waals surface area contributed by atoms with E-state index in [0.717, 1.165) is 6.07 Å². The van der Waals surface area contributed by atoms with Crippen LogP contribution >= 0.6 is 23.2 Å². The summed E-state index contributed by atoms with van der Waals surface area (Å²) in [7, 11) is 0. The summed E-state index contributed by atoms with van der Waals surface area (Å²) in [5.74, 6) is -1.83. The first-order valence-electron chi connectivity index (χ1n) is 7.00. The zero-order valence-corrected chi connectivity index (χ0v) is 14.1. The van der Waals surface area contributed by atoms with Crippen molar-refractivity contribution in [3.05, 3.63) is 73.8 Å². The molecule has 0 saturated heterocycles. The highest BCUT2D eigenvalue weighted by Crippen LogP contribution is 2.24. The minimum Gasteiger partial charge on any atom is -0.481 e. The molecule has 2 rings (SSSR count). The molecule has 2 N–H and O–H groups in total. The normalized spacial score (nSPS) is 11.6. The van der Waals surface area contributed by atoms with Crippen LogP contribution in [-0.4, -0.2) is 21.9 Å². The predicted molar refractivity (Wildman–Crippen MR) is 92.0 cm³/mol. The van der Waals surface area contributed by atoms with E-state index in [2.05, 4.69) is 5.32 Å². The zero-order valence-electron chi connectivity index (χ0n) is 12.6. The van der Waals surface area contributed by atoms with Crippen molar-refractivity contribution < 1.29 is 19.6 Å². The van der Waals surface area contributed by atoms with Gasteiger partial charge in [0.15, 0.2) is 0 Å². The van der Waals surface area contributed by atoms with E-state index in [0.29, 0.717) is 10.6 Å². The minimum atomic E-state index is -1.12. The third-order valence-electron chi connectivity index (χ3n) is 3.36. The lowest BCUT2D eigenvalue weighted by molar-refractivity contribution is -0.384. The van der Waals surface area contributed by atoms with Crippen LogP contribution in [0.4, 0.5) is 5.69 Å². The zero-order chi connectivity index (χ0) is 18.6. The fourth-order valence-corrected chi connectivity index (χ4v) is 2.49. The molecule has 0 aliphatic heterocycles. The van der Waals surface area contributed by atoms with E-state index >= 15 is 0 Å². The number of rotatable bonds is 6. The summed E-state index contributed by atoms with van der Waals surface area (Å²) < 4.78 is 0. The van der Waals surface area contributed by atoms with Gasteiger partial charge in [0.25, 0.3) is 11.6 Å². The maximum atomic E-state index is 12.4. The van der Waals surface area contributed by atoms with Crippen molar-refractivity contribution in [2.24, 2.45) is 0 Å². The number of non-ortho nitro benzene ring substituents is 1. The van der Waals surface area contributed by atoms with E-state index in [9.17, 15) is 19.7 Å². The van der Waals surface area contributed by atoms with Crippen LogP contribution in [0.2, 0.25) is 10.0 Å². The fourth-order valence-electron chi connectivity index (χ4n) is 2.16. The molecule has 1 amide bonds. The second-order valence-corrected chi connectivity index (χ2v) is 5.94. The summed E-state index contributed by atoms with van der Waals surface area (Å²) in [5, 5.41) is 22.9.